The maximum atomic E-state index is 12.9. The van der Waals surface area contributed by atoms with Crippen molar-refractivity contribution >= 4 is 19.8 Å². The van der Waals surface area contributed by atoms with Gasteiger partial charge in [0, 0.05) is 12.8 Å². The Balaban J connectivity index is 3.97. The minimum absolute atomic E-state index is 0.0380. The molecule has 10 heteroatoms. The Bertz CT molecular complexity index is 2310. The van der Waals surface area contributed by atoms with Crippen molar-refractivity contribution < 1.29 is 42.1 Å². The number of carbonyl (C=O) groups is 2. The number of phosphoric acid groups is 1. The van der Waals surface area contributed by atoms with E-state index in [1.807, 2.05) is 21.1 Å². The third-order valence-corrected chi connectivity index (χ3v) is 20.3. The van der Waals surface area contributed by atoms with Crippen LogP contribution in [0.25, 0.3) is 0 Å². The van der Waals surface area contributed by atoms with E-state index in [2.05, 4.69) is 160 Å². The molecule has 106 heavy (non-hydrogen) atoms. The van der Waals surface area contributed by atoms with Crippen LogP contribution in [-0.4, -0.2) is 70.0 Å². The molecule has 0 fully saturated rings. The molecule has 0 aliphatic heterocycles. The Morgan fingerprint density at radius 1 is 0.302 bits per heavy atom. The number of quaternary nitrogens is 1. The zero-order valence-electron chi connectivity index (χ0n) is 69.8. The van der Waals surface area contributed by atoms with Gasteiger partial charge in [0.1, 0.15) is 19.8 Å². The minimum Gasteiger partial charge on any atom is -0.756 e. The molecule has 0 bridgehead atoms. The Morgan fingerprint density at radius 3 is 0.811 bits per heavy atom. The molecule has 2 unspecified atom stereocenters. The summed E-state index contributed by atoms with van der Waals surface area (Å²) in [6, 6.07) is 0. The zero-order chi connectivity index (χ0) is 76.8. The number of unbranched alkanes of at least 4 members (excludes halogenated alkanes) is 44. The van der Waals surface area contributed by atoms with Crippen LogP contribution in [0, 0.1) is 0 Å². The van der Waals surface area contributed by atoms with E-state index in [-0.39, 0.29) is 32.0 Å². The predicted molar refractivity (Wildman–Crippen MR) is 461 cm³/mol. The van der Waals surface area contributed by atoms with Crippen molar-refractivity contribution in [2.24, 2.45) is 0 Å². The molecule has 0 radical (unpaired) electrons. The first-order chi connectivity index (χ1) is 52.0. The van der Waals surface area contributed by atoms with Crippen molar-refractivity contribution in [1.82, 2.24) is 0 Å². The molecule has 0 aromatic rings. The molecule has 0 spiro atoms. The number of carbonyl (C=O) groups excluding carboxylic acids is 2. The maximum absolute atomic E-state index is 12.9. The number of hydrogen-bond donors (Lipinski definition) is 0. The molecule has 0 aliphatic carbocycles. The number of likely N-dealkylation sites (N-methyl/N-ethyl adjacent to an activating group) is 1. The lowest BCUT2D eigenvalue weighted by atomic mass is 10.0. The van der Waals surface area contributed by atoms with Crippen LogP contribution in [0.3, 0.4) is 0 Å². The van der Waals surface area contributed by atoms with E-state index in [1.165, 1.54) is 244 Å². The van der Waals surface area contributed by atoms with Crippen LogP contribution in [0.1, 0.15) is 399 Å². The molecule has 0 rings (SSSR count). The first-order valence-corrected chi connectivity index (χ1v) is 46.0. The van der Waals surface area contributed by atoms with Crippen LogP contribution >= 0.6 is 7.82 Å². The zero-order valence-corrected chi connectivity index (χ0v) is 70.7. The number of hydrogen-bond acceptors (Lipinski definition) is 8. The molecular formula is C96H168NO8P. The van der Waals surface area contributed by atoms with Crippen molar-refractivity contribution in [2.45, 2.75) is 405 Å². The van der Waals surface area contributed by atoms with Crippen molar-refractivity contribution in [1.29, 1.82) is 0 Å². The highest BCUT2D eigenvalue weighted by atomic mass is 31.2. The van der Waals surface area contributed by atoms with Crippen LogP contribution in [0.4, 0.5) is 0 Å². The van der Waals surface area contributed by atoms with Gasteiger partial charge in [-0.1, -0.05) is 410 Å². The highest BCUT2D eigenvalue weighted by Gasteiger charge is 2.22. The summed E-state index contributed by atoms with van der Waals surface area (Å²) in [6.07, 6.45) is 126. The summed E-state index contributed by atoms with van der Waals surface area (Å²) in [6.45, 7) is 4.15. The van der Waals surface area contributed by atoms with E-state index in [0.29, 0.717) is 17.4 Å². The number of rotatable bonds is 82. The minimum atomic E-state index is -4.66. The fourth-order valence-electron chi connectivity index (χ4n) is 12.6. The Labute approximate surface area is 656 Å². The molecule has 0 amide bonds. The van der Waals surface area contributed by atoms with Crippen LogP contribution in [0.5, 0.6) is 0 Å². The number of nitrogens with zero attached hydrogens (tertiary/aromatic N) is 1. The predicted octanol–water partition coefficient (Wildman–Crippen LogP) is 29.8. The monoisotopic (exact) mass is 1490 g/mol. The van der Waals surface area contributed by atoms with E-state index >= 15 is 0 Å². The number of esters is 2. The molecule has 0 heterocycles. The lowest BCUT2D eigenvalue weighted by Gasteiger charge is -2.28. The van der Waals surface area contributed by atoms with Gasteiger partial charge in [-0.2, -0.15) is 0 Å². The topological polar surface area (TPSA) is 111 Å². The summed E-state index contributed by atoms with van der Waals surface area (Å²) >= 11 is 0. The van der Waals surface area contributed by atoms with Gasteiger partial charge < -0.3 is 27.9 Å². The van der Waals surface area contributed by atoms with Gasteiger partial charge in [-0.3, -0.25) is 14.2 Å². The van der Waals surface area contributed by atoms with Gasteiger partial charge in [0.2, 0.25) is 0 Å². The molecular weight excluding hydrogens is 1330 g/mol. The normalized spacial score (nSPS) is 13.7. The molecule has 0 aliphatic rings. The molecule has 2 atom stereocenters. The summed E-state index contributed by atoms with van der Waals surface area (Å²) in [5.41, 5.74) is 0. The second kappa shape index (κ2) is 84.9. The quantitative estimate of drug-likeness (QED) is 0.0195. The summed E-state index contributed by atoms with van der Waals surface area (Å²) in [4.78, 5) is 38.3. The van der Waals surface area contributed by atoms with Gasteiger partial charge in [0.15, 0.2) is 6.10 Å². The summed E-state index contributed by atoms with van der Waals surface area (Å²) in [5, 5.41) is 0. The van der Waals surface area contributed by atoms with Gasteiger partial charge in [-0.15, -0.1) is 0 Å². The van der Waals surface area contributed by atoms with Crippen molar-refractivity contribution in [2.75, 3.05) is 47.5 Å². The van der Waals surface area contributed by atoms with E-state index in [1.54, 1.807) is 0 Å². The number of ether oxygens (including phenoxy) is 2. The maximum Gasteiger partial charge on any atom is 0.306 e. The molecule has 0 aromatic heterocycles. The second-order valence-corrected chi connectivity index (χ2v) is 32.3. The highest BCUT2D eigenvalue weighted by Crippen LogP contribution is 2.38. The van der Waals surface area contributed by atoms with E-state index in [4.69, 9.17) is 18.5 Å². The second-order valence-electron chi connectivity index (χ2n) is 30.9. The van der Waals surface area contributed by atoms with Crippen LogP contribution < -0.4 is 4.89 Å². The summed E-state index contributed by atoms with van der Waals surface area (Å²) < 4.78 is 34.4. The SMILES string of the molecule is CC/C=C\C/C=C\C/C=C\C/C=C\C/C=C\C/C=C\C/C=C\C/C=C\C/C=C\C/C=C\C/C=C\CCCCCCCCCC(=O)OC(COC(=O)CCCCCCCCCCCCCCCCCCCCCCCCCCCCCCC/C=C\CCCCCCCCCC)COP(=O)([O-])OCC[N+](C)(C)C. The third kappa shape index (κ3) is 88.8. The molecule has 0 aromatic carbocycles. The molecule has 610 valence electrons. The summed E-state index contributed by atoms with van der Waals surface area (Å²) in [5.74, 6) is -0.839. The van der Waals surface area contributed by atoms with Crippen molar-refractivity contribution in [3.05, 3.63) is 146 Å². The van der Waals surface area contributed by atoms with Gasteiger partial charge in [0.05, 0.1) is 27.7 Å². The van der Waals surface area contributed by atoms with E-state index in [9.17, 15) is 19.0 Å². The number of allylic oxidation sites excluding steroid dienone is 24. The highest BCUT2D eigenvalue weighted by molar-refractivity contribution is 7.45. The smallest absolute Gasteiger partial charge is 0.306 e. The molecule has 0 saturated carbocycles. The first-order valence-electron chi connectivity index (χ1n) is 44.5. The van der Waals surface area contributed by atoms with Crippen molar-refractivity contribution in [3.63, 3.8) is 0 Å². The third-order valence-electron chi connectivity index (χ3n) is 19.3. The number of phosphoric ester groups is 1. The Morgan fingerprint density at radius 2 is 0.538 bits per heavy atom. The largest absolute Gasteiger partial charge is 0.756 e. The lowest BCUT2D eigenvalue weighted by molar-refractivity contribution is -0.870. The first kappa shape index (κ1) is 102. The lowest BCUT2D eigenvalue weighted by Crippen LogP contribution is -2.37. The van der Waals surface area contributed by atoms with Gasteiger partial charge in [-0.05, 0) is 122 Å². The van der Waals surface area contributed by atoms with Gasteiger partial charge >= 0.3 is 11.9 Å². The van der Waals surface area contributed by atoms with E-state index < -0.39 is 26.5 Å². The van der Waals surface area contributed by atoms with Gasteiger partial charge in [-0.25, -0.2) is 0 Å². The Kier molecular flexibility index (Phi) is 81.6. The fraction of sp³-hybridized carbons (Fsp3) is 0.729. The molecule has 9 nitrogen and oxygen atoms in total. The Hall–Kier alpha value is -4.11. The van der Waals surface area contributed by atoms with Crippen molar-refractivity contribution in [3.8, 4) is 0 Å². The van der Waals surface area contributed by atoms with Crippen LogP contribution in [0.2, 0.25) is 0 Å². The van der Waals surface area contributed by atoms with Gasteiger partial charge in [0.25, 0.3) is 7.82 Å². The molecule has 0 N–H and O–H groups in total. The molecule has 0 saturated heterocycles. The van der Waals surface area contributed by atoms with Crippen LogP contribution in [-0.2, 0) is 32.7 Å². The standard InChI is InChI=1S/C96H168NO8P/c1-6-8-10-12-14-16-18-20-22-24-26-28-30-32-34-36-38-40-42-44-46-48-50-52-54-56-58-60-62-64-66-68-70-72-74-76-78-80-82-84-86-88-95(98)102-92-94(93-104-106(100,101)103-91-90-97(3,4)5)105-96(99)89-87-85-83-81-79-77-75-73-71-69-67-65-63-61-59-57-55-53-51-49-47-45-43-41-39-37-35-33-31-29-27-25-23-21-19-17-15-13-11-9-7-2/h9,11,15,17,21,23-24,26-27,29,33,35,39,41,45,47,51,53,57,59,63,65,69,71,94H,6-8,10,12-14,16,18-20,22,25,28,30-32,34,36-38,40,42-44,46,48-50,52,54-56,58,60-62,64,66-68,70,72-93H2,1-5H3/b11-9-,17-15-,23-21-,26-24-,29-27-,35-33-,41-39-,47-45-,53-51-,59-57-,65-63-,71-69-. The summed E-state index contributed by atoms with van der Waals surface area (Å²) in [7, 11) is 1.16. The van der Waals surface area contributed by atoms with E-state index in [0.717, 1.165) is 122 Å². The fourth-order valence-corrected chi connectivity index (χ4v) is 13.3. The average molecular weight is 1500 g/mol. The average Bonchev–Trinajstić information content (AvgIpc) is 0.908. The van der Waals surface area contributed by atoms with Crippen LogP contribution in [0.15, 0.2) is 146 Å².